The fourth-order valence-corrected chi connectivity index (χ4v) is 3.12. The monoisotopic (exact) mass is 307 g/mol. The Morgan fingerprint density at radius 1 is 1.18 bits per heavy atom. The molecule has 2 aromatic heterocycles. The Morgan fingerprint density at radius 3 is 2.64 bits per heavy atom. The maximum absolute atomic E-state index is 11.9. The summed E-state index contributed by atoms with van der Waals surface area (Å²) >= 11 is 1.44. The van der Waals surface area contributed by atoms with Crippen LogP contribution in [0.5, 0.6) is 0 Å². The second-order valence-electron chi connectivity index (χ2n) is 5.10. The van der Waals surface area contributed by atoms with Crippen molar-refractivity contribution in [1.82, 2.24) is 9.36 Å². The van der Waals surface area contributed by atoms with Crippen LogP contribution in [0, 0.1) is 25.2 Å². The number of benzene rings is 1. The van der Waals surface area contributed by atoms with Crippen molar-refractivity contribution in [3.05, 3.63) is 63.7 Å². The second-order valence-corrected chi connectivity index (χ2v) is 5.90. The Labute approximate surface area is 131 Å². The number of pyridine rings is 1. The topological polar surface area (TPSA) is 69.5 Å². The van der Waals surface area contributed by atoms with Crippen LogP contribution in [0.2, 0.25) is 0 Å². The highest BCUT2D eigenvalue weighted by Gasteiger charge is 2.11. The van der Waals surface area contributed by atoms with E-state index in [0.717, 1.165) is 27.4 Å². The number of H-pyrrole nitrogens is 1. The molecule has 0 amide bonds. The van der Waals surface area contributed by atoms with Gasteiger partial charge in [0.1, 0.15) is 11.6 Å². The molecule has 0 saturated carbocycles. The molecule has 0 unspecified atom stereocenters. The van der Waals surface area contributed by atoms with E-state index in [1.165, 1.54) is 11.5 Å². The first-order chi connectivity index (χ1) is 10.6. The van der Waals surface area contributed by atoms with Gasteiger partial charge in [0.25, 0.3) is 5.56 Å². The fourth-order valence-electron chi connectivity index (χ4n) is 2.37. The molecule has 0 bridgehead atoms. The van der Waals surface area contributed by atoms with Gasteiger partial charge in [-0.25, -0.2) is 0 Å². The highest BCUT2D eigenvalue weighted by molar-refractivity contribution is 7.09. The predicted octanol–water partition coefficient (Wildman–Crippen LogP) is 3.65. The highest BCUT2D eigenvalue weighted by Crippen LogP contribution is 2.30. The number of aromatic nitrogens is 2. The third kappa shape index (κ3) is 2.57. The molecule has 0 saturated heterocycles. The summed E-state index contributed by atoms with van der Waals surface area (Å²) in [5, 5.41) is 9.26. The van der Waals surface area contributed by atoms with Gasteiger partial charge in [0.15, 0.2) is 0 Å². The first-order valence-corrected chi connectivity index (χ1v) is 7.54. The molecule has 1 N–H and O–H groups in total. The molecule has 108 valence electrons. The van der Waals surface area contributed by atoms with Gasteiger partial charge in [-0.05, 0) is 54.7 Å². The lowest BCUT2D eigenvalue weighted by Gasteiger charge is -2.07. The maximum atomic E-state index is 11.9. The number of nitrogens with zero attached hydrogens (tertiary/aromatic N) is 2. The lowest BCUT2D eigenvalue weighted by molar-refractivity contribution is 1.13. The normalized spacial score (nSPS) is 10.4. The van der Waals surface area contributed by atoms with Crippen LogP contribution in [0.1, 0.15) is 17.0 Å². The largest absolute Gasteiger partial charge is 0.325 e. The number of hydrogen-bond donors (Lipinski definition) is 1. The van der Waals surface area contributed by atoms with E-state index in [4.69, 9.17) is 0 Å². The molecule has 0 spiro atoms. The van der Waals surface area contributed by atoms with Crippen LogP contribution >= 0.6 is 11.5 Å². The summed E-state index contributed by atoms with van der Waals surface area (Å²) < 4.78 is 4.29. The molecule has 0 fully saturated rings. The summed E-state index contributed by atoms with van der Waals surface area (Å²) in [5.41, 5.74) is 4.05. The van der Waals surface area contributed by atoms with E-state index in [1.54, 1.807) is 0 Å². The summed E-state index contributed by atoms with van der Waals surface area (Å²) in [7, 11) is 0. The van der Waals surface area contributed by atoms with Crippen LogP contribution in [0.3, 0.4) is 0 Å². The fraction of sp³-hybridized carbons (Fsp3) is 0.118. The summed E-state index contributed by atoms with van der Waals surface area (Å²) in [6.45, 7) is 3.76. The Morgan fingerprint density at radius 2 is 1.95 bits per heavy atom. The second kappa shape index (κ2) is 5.58. The Hall–Kier alpha value is -2.71. The number of aromatic amines is 1. The standard InChI is InChI=1S/C17H13N3OS/c1-10-6-14(15(9-18)17(21)19-10)12-4-3-5-13(8-12)16-7-11(2)20-22-16/h3-8H,1-2H3,(H,19,21). The van der Waals surface area contributed by atoms with Crippen LogP contribution in [0.4, 0.5) is 0 Å². The van der Waals surface area contributed by atoms with E-state index in [0.29, 0.717) is 5.56 Å². The van der Waals surface area contributed by atoms with Crippen LogP contribution in [0.25, 0.3) is 21.6 Å². The van der Waals surface area contributed by atoms with E-state index in [9.17, 15) is 10.1 Å². The minimum atomic E-state index is -0.350. The zero-order valence-electron chi connectivity index (χ0n) is 12.2. The van der Waals surface area contributed by atoms with Crippen molar-refractivity contribution in [2.24, 2.45) is 0 Å². The van der Waals surface area contributed by atoms with Crippen LogP contribution in [-0.2, 0) is 0 Å². The molecule has 0 radical (unpaired) electrons. The maximum Gasteiger partial charge on any atom is 0.266 e. The summed E-state index contributed by atoms with van der Waals surface area (Å²) in [5.74, 6) is 0. The van der Waals surface area contributed by atoms with E-state index in [1.807, 2.05) is 56.3 Å². The first-order valence-electron chi connectivity index (χ1n) is 6.76. The van der Waals surface area contributed by atoms with Gasteiger partial charge in [-0.15, -0.1) is 0 Å². The summed E-state index contributed by atoms with van der Waals surface area (Å²) in [4.78, 5) is 15.7. The molecule has 4 nitrogen and oxygen atoms in total. The molecule has 3 aromatic rings. The molecule has 0 atom stereocenters. The summed E-state index contributed by atoms with van der Waals surface area (Å²) in [6, 6.07) is 13.7. The zero-order valence-corrected chi connectivity index (χ0v) is 13.0. The average molecular weight is 307 g/mol. The van der Waals surface area contributed by atoms with Gasteiger partial charge in [-0.1, -0.05) is 18.2 Å². The van der Waals surface area contributed by atoms with Gasteiger partial charge in [0.05, 0.1) is 10.6 Å². The van der Waals surface area contributed by atoms with Crippen LogP contribution < -0.4 is 5.56 Å². The lowest BCUT2D eigenvalue weighted by atomic mass is 9.99. The third-order valence-electron chi connectivity index (χ3n) is 3.37. The molecule has 5 heteroatoms. The highest BCUT2D eigenvalue weighted by atomic mass is 32.1. The number of hydrogen-bond acceptors (Lipinski definition) is 4. The SMILES string of the molecule is Cc1cc(-c2cccc(-c3cc(C)[nH]c(=O)c3C#N)c2)sn1. The van der Waals surface area contributed by atoms with Crippen LogP contribution in [0.15, 0.2) is 41.2 Å². The molecular formula is C17H13N3OS. The quantitative estimate of drug-likeness (QED) is 0.785. The van der Waals surface area contributed by atoms with E-state index in [-0.39, 0.29) is 11.1 Å². The van der Waals surface area contributed by atoms with Gasteiger partial charge < -0.3 is 4.98 Å². The molecular weight excluding hydrogens is 294 g/mol. The number of nitrogens with one attached hydrogen (secondary N) is 1. The van der Waals surface area contributed by atoms with Gasteiger partial charge in [0.2, 0.25) is 0 Å². The smallest absolute Gasteiger partial charge is 0.266 e. The molecule has 0 aliphatic carbocycles. The van der Waals surface area contributed by atoms with E-state index in [2.05, 4.69) is 9.36 Å². The first kappa shape index (κ1) is 14.2. The van der Waals surface area contributed by atoms with E-state index < -0.39 is 0 Å². The van der Waals surface area contributed by atoms with Crippen molar-refractivity contribution in [1.29, 1.82) is 5.26 Å². The lowest BCUT2D eigenvalue weighted by Crippen LogP contribution is -2.12. The summed E-state index contributed by atoms with van der Waals surface area (Å²) in [6.07, 6.45) is 0. The number of aryl methyl sites for hydroxylation is 2. The van der Waals surface area contributed by atoms with Gasteiger partial charge >= 0.3 is 0 Å². The van der Waals surface area contributed by atoms with Gasteiger partial charge in [0, 0.05) is 11.3 Å². The minimum absolute atomic E-state index is 0.142. The molecule has 3 rings (SSSR count). The van der Waals surface area contributed by atoms with Crippen molar-refractivity contribution in [3.8, 4) is 27.6 Å². The minimum Gasteiger partial charge on any atom is -0.325 e. The predicted molar refractivity (Wildman–Crippen MR) is 87.8 cm³/mol. The van der Waals surface area contributed by atoms with Crippen molar-refractivity contribution in [2.75, 3.05) is 0 Å². The van der Waals surface area contributed by atoms with Gasteiger partial charge in [-0.3, -0.25) is 4.79 Å². The molecule has 22 heavy (non-hydrogen) atoms. The Balaban J connectivity index is 2.19. The van der Waals surface area contributed by atoms with Crippen molar-refractivity contribution >= 4 is 11.5 Å². The molecule has 2 heterocycles. The van der Waals surface area contributed by atoms with Gasteiger partial charge in [-0.2, -0.15) is 9.64 Å². The van der Waals surface area contributed by atoms with Crippen molar-refractivity contribution in [3.63, 3.8) is 0 Å². The zero-order chi connectivity index (χ0) is 15.7. The Bertz CT molecular complexity index is 947. The van der Waals surface area contributed by atoms with Crippen LogP contribution in [-0.4, -0.2) is 9.36 Å². The molecule has 1 aromatic carbocycles. The number of rotatable bonds is 2. The molecule has 0 aliphatic rings. The van der Waals surface area contributed by atoms with Crippen molar-refractivity contribution < 1.29 is 0 Å². The van der Waals surface area contributed by atoms with Crippen molar-refractivity contribution in [2.45, 2.75) is 13.8 Å². The van der Waals surface area contributed by atoms with E-state index >= 15 is 0 Å². The third-order valence-corrected chi connectivity index (χ3v) is 4.30. The number of nitriles is 1. The average Bonchev–Trinajstić information content (AvgIpc) is 2.93. The molecule has 0 aliphatic heterocycles. The Kier molecular flexibility index (Phi) is 3.61.